The number of amides is 2. The summed E-state index contributed by atoms with van der Waals surface area (Å²) in [7, 11) is 1.63. The van der Waals surface area contributed by atoms with Crippen LogP contribution in [0.5, 0.6) is 0 Å². The van der Waals surface area contributed by atoms with Gasteiger partial charge in [-0.15, -0.1) is 0 Å². The van der Waals surface area contributed by atoms with Gasteiger partial charge in [0.05, 0.1) is 12.7 Å². The molecule has 1 aliphatic heterocycles. The van der Waals surface area contributed by atoms with Gasteiger partial charge < -0.3 is 20.7 Å². The fraction of sp³-hybridized carbons (Fsp3) is 0.875. The second-order valence-electron chi connectivity index (χ2n) is 6.35. The van der Waals surface area contributed by atoms with Gasteiger partial charge in [-0.25, -0.2) is 0 Å². The molecule has 0 aromatic carbocycles. The lowest BCUT2D eigenvalue weighted by Crippen LogP contribution is -2.45. The van der Waals surface area contributed by atoms with Gasteiger partial charge in [0.1, 0.15) is 0 Å². The molecule has 0 aromatic heterocycles. The summed E-state index contributed by atoms with van der Waals surface area (Å²) in [6.07, 6.45) is 5.49. The molecule has 126 valence electrons. The first kappa shape index (κ1) is 17.2. The molecule has 6 heteroatoms. The first-order valence-electron chi connectivity index (χ1n) is 8.46. The maximum absolute atomic E-state index is 12.6. The normalized spacial score (nSPS) is 26.2. The van der Waals surface area contributed by atoms with Crippen molar-refractivity contribution in [2.45, 2.75) is 44.6 Å². The van der Waals surface area contributed by atoms with Crippen molar-refractivity contribution in [1.82, 2.24) is 10.2 Å². The summed E-state index contributed by atoms with van der Waals surface area (Å²) < 4.78 is 5.73. The number of nitrogens with two attached hydrogens (primary N) is 1. The molecule has 0 spiro atoms. The minimum Gasteiger partial charge on any atom is -0.378 e. The van der Waals surface area contributed by atoms with Crippen LogP contribution in [0.4, 0.5) is 0 Å². The molecule has 0 bridgehead atoms. The molecule has 2 fully saturated rings. The fourth-order valence-corrected chi connectivity index (χ4v) is 3.56. The number of hydrogen-bond donors (Lipinski definition) is 2. The Morgan fingerprint density at radius 2 is 1.95 bits per heavy atom. The highest BCUT2D eigenvalue weighted by molar-refractivity contribution is 5.79. The lowest BCUT2D eigenvalue weighted by molar-refractivity contribution is -0.139. The van der Waals surface area contributed by atoms with Gasteiger partial charge in [0, 0.05) is 32.5 Å². The van der Waals surface area contributed by atoms with E-state index in [4.69, 9.17) is 10.5 Å². The van der Waals surface area contributed by atoms with E-state index in [-0.39, 0.29) is 23.8 Å². The van der Waals surface area contributed by atoms with E-state index >= 15 is 0 Å². The predicted octanol–water partition coefficient (Wildman–Crippen LogP) is 0.505. The summed E-state index contributed by atoms with van der Waals surface area (Å²) in [6.45, 7) is 2.60. The van der Waals surface area contributed by atoms with Crippen LogP contribution in [-0.2, 0) is 14.3 Å². The van der Waals surface area contributed by atoms with Crippen LogP contribution < -0.4 is 11.1 Å². The van der Waals surface area contributed by atoms with E-state index in [2.05, 4.69) is 5.32 Å². The summed E-state index contributed by atoms with van der Waals surface area (Å²) in [5.74, 6) is 0.795. The lowest BCUT2D eigenvalue weighted by Gasteiger charge is -2.34. The topological polar surface area (TPSA) is 84.7 Å². The minimum absolute atomic E-state index is 0.00155. The predicted molar refractivity (Wildman–Crippen MR) is 84.1 cm³/mol. The minimum atomic E-state index is 0.00155. The molecule has 22 heavy (non-hydrogen) atoms. The van der Waals surface area contributed by atoms with Gasteiger partial charge >= 0.3 is 0 Å². The first-order valence-corrected chi connectivity index (χ1v) is 8.46. The maximum atomic E-state index is 12.6. The summed E-state index contributed by atoms with van der Waals surface area (Å²) in [5, 5.41) is 2.58. The van der Waals surface area contributed by atoms with Crippen molar-refractivity contribution in [1.29, 1.82) is 0 Å². The number of hydrogen-bond acceptors (Lipinski definition) is 4. The van der Waals surface area contributed by atoms with E-state index in [1.165, 1.54) is 0 Å². The van der Waals surface area contributed by atoms with Gasteiger partial charge in [-0.05, 0) is 38.1 Å². The number of likely N-dealkylation sites (tertiary alicyclic amines) is 1. The molecule has 2 atom stereocenters. The largest absolute Gasteiger partial charge is 0.378 e. The number of carbonyl (C=O) groups is 2. The number of rotatable bonds is 6. The average Bonchev–Trinajstić information content (AvgIpc) is 3.03. The molecule has 2 rings (SSSR count). The zero-order chi connectivity index (χ0) is 15.9. The summed E-state index contributed by atoms with van der Waals surface area (Å²) in [4.78, 5) is 25.7. The monoisotopic (exact) mass is 311 g/mol. The van der Waals surface area contributed by atoms with Gasteiger partial charge in [0.25, 0.3) is 0 Å². The molecule has 1 saturated heterocycles. The molecule has 1 heterocycles. The molecule has 3 N–H and O–H groups in total. The Bertz CT molecular complexity index is 381. The Balaban J connectivity index is 1.70. The molecular weight excluding hydrogens is 282 g/mol. The van der Waals surface area contributed by atoms with Crippen LogP contribution in [0.2, 0.25) is 0 Å². The number of ether oxygens (including phenoxy) is 1. The van der Waals surface area contributed by atoms with E-state index in [9.17, 15) is 9.59 Å². The van der Waals surface area contributed by atoms with E-state index in [0.29, 0.717) is 25.5 Å². The van der Waals surface area contributed by atoms with Gasteiger partial charge in [-0.3, -0.25) is 9.59 Å². The van der Waals surface area contributed by atoms with Crippen molar-refractivity contribution < 1.29 is 14.3 Å². The Labute approximate surface area is 132 Å². The van der Waals surface area contributed by atoms with E-state index in [1.54, 1.807) is 7.05 Å². The van der Waals surface area contributed by atoms with Gasteiger partial charge in [-0.2, -0.15) is 0 Å². The first-order chi connectivity index (χ1) is 10.7. The Hall–Kier alpha value is -1.14. The van der Waals surface area contributed by atoms with Crippen LogP contribution in [0.3, 0.4) is 0 Å². The Morgan fingerprint density at radius 3 is 2.59 bits per heavy atom. The van der Waals surface area contributed by atoms with Crippen LogP contribution in [0.15, 0.2) is 0 Å². The standard InChI is InChI=1S/C16H29N3O3/c1-18-15(20)7-10-22-13-5-8-19(9-6-13)16(21)14-4-2-3-12(14)11-17/h12-14H,2-11,17H2,1H3,(H,18,20)/t12-,14-/m1/s1. The SMILES string of the molecule is CNC(=O)CCOC1CCN(C(=O)[C@@H]2CCC[C@@H]2CN)CC1. The van der Waals surface area contributed by atoms with Crippen LogP contribution in [0.1, 0.15) is 38.5 Å². The van der Waals surface area contributed by atoms with Gasteiger partial charge in [-0.1, -0.05) is 6.42 Å². The summed E-state index contributed by atoms with van der Waals surface area (Å²) in [6, 6.07) is 0. The average molecular weight is 311 g/mol. The van der Waals surface area contributed by atoms with Crippen LogP contribution in [0.25, 0.3) is 0 Å². The maximum Gasteiger partial charge on any atom is 0.226 e. The van der Waals surface area contributed by atoms with Crippen molar-refractivity contribution in [2.75, 3.05) is 33.3 Å². The van der Waals surface area contributed by atoms with Crippen molar-refractivity contribution >= 4 is 11.8 Å². The third-order valence-electron chi connectivity index (χ3n) is 4.99. The zero-order valence-electron chi connectivity index (χ0n) is 13.6. The number of piperidine rings is 1. The Kier molecular flexibility index (Phi) is 6.64. The molecule has 6 nitrogen and oxygen atoms in total. The van der Waals surface area contributed by atoms with Gasteiger partial charge in [0.2, 0.25) is 11.8 Å². The van der Waals surface area contributed by atoms with Gasteiger partial charge in [0.15, 0.2) is 0 Å². The summed E-state index contributed by atoms with van der Waals surface area (Å²) in [5.41, 5.74) is 5.78. The zero-order valence-corrected chi connectivity index (χ0v) is 13.6. The number of nitrogens with zero attached hydrogens (tertiary/aromatic N) is 1. The third kappa shape index (κ3) is 4.43. The number of carbonyl (C=O) groups excluding carboxylic acids is 2. The summed E-state index contributed by atoms with van der Waals surface area (Å²) >= 11 is 0. The van der Waals surface area contributed by atoms with Crippen molar-refractivity contribution in [3.8, 4) is 0 Å². The molecular formula is C16H29N3O3. The molecule has 0 radical (unpaired) electrons. The second-order valence-corrected chi connectivity index (χ2v) is 6.35. The van der Waals surface area contributed by atoms with E-state index < -0.39 is 0 Å². The van der Waals surface area contributed by atoms with E-state index in [1.807, 2.05) is 4.90 Å². The lowest BCUT2D eigenvalue weighted by atomic mass is 9.93. The second kappa shape index (κ2) is 8.48. The Morgan fingerprint density at radius 1 is 1.23 bits per heavy atom. The van der Waals surface area contributed by atoms with Crippen molar-refractivity contribution in [3.05, 3.63) is 0 Å². The molecule has 1 aliphatic carbocycles. The van der Waals surface area contributed by atoms with Crippen LogP contribution >= 0.6 is 0 Å². The molecule has 2 aliphatic rings. The third-order valence-corrected chi connectivity index (χ3v) is 4.99. The smallest absolute Gasteiger partial charge is 0.226 e. The highest BCUT2D eigenvalue weighted by atomic mass is 16.5. The fourth-order valence-electron chi connectivity index (χ4n) is 3.56. The molecule has 0 aromatic rings. The van der Waals surface area contributed by atoms with E-state index in [0.717, 1.165) is 45.2 Å². The van der Waals surface area contributed by atoms with Crippen molar-refractivity contribution in [3.63, 3.8) is 0 Å². The molecule has 2 amide bonds. The van der Waals surface area contributed by atoms with Crippen molar-refractivity contribution in [2.24, 2.45) is 17.6 Å². The molecule has 0 unspecified atom stereocenters. The highest BCUT2D eigenvalue weighted by Crippen LogP contribution is 2.33. The van der Waals surface area contributed by atoms with Crippen LogP contribution in [0, 0.1) is 11.8 Å². The highest BCUT2D eigenvalue weighted by Gasteiger charge is 2.35. The quantitative estimate of drug-likeness (QED) is 0.748. The molecule has 1 saturated carbocycles. The number of nitrogens with one attached hydrogen (secondary N) is 1. The van der Waals surface area contributed by atoms with Crippen LogP contribution in [-0.4, -0.2) is 56.1 Å².